The van der Waals surface area contributed by atoms with Crippen molar-refractivity contribution in [2.24, 2.45) is 13.0 Å². The highest BCUT2D eigenvalue weighted by Gasteiger charge is 2.18. The van der Waals surface area contributed by atoms with Crippen LogP contribution in [0.25, 0.3) is 33.3 Å². The zero-order valence-corrected chi connectivity index (χ0v) is 18.8. The van der Waals surface area contributed by atoms with E-state index in [4.69, 9.17) is 0 Å². The molecule has 2 aromatic heterocycles. The molecule has 3 heteroatoms. The van der Waals surface area contributed by atoms with E-state index in [9.17, 15) is 0 Å². The molecule has 0 N–H and O–H groups in total. The molecule has 0 spiro atoms. The van der Waals surface area contributed by atoms with Gasteiger partial charge in [0.1, 0.15) is 5.69 Å². The van der Waals surface area contributed by atoms with Crippen molar-refractivity contribution < 1.29 is 4.57 Å². The van der Waals surface area contributed by atoms with Crippen molar-refractivity contribution >= 4 is 10.9 Å². The van der Waals surface area contributed by atoms with Crippen molar-refractivity contribution in [3.63, 3.8) is 0 Å². The number of benzene rings is 2. The Morgan fingerprint density at radius 1 is 0.900 bits per heavy atom. The molecule has 0 unspecified atom stereocenters. The number of fused-ring (bicyclic) bond motifs is 1. The average Bonchev–Trinajstić information content (AvgIpc) is 2.71. The van der Waals surface area contributed by atoms with Gasteiger partial charge in [-0.05, 0) is 85.1 Å². The maximum atomic E-state index is 4.69. The largest absolute Gasteiger partial charge is 0.287 e. The van der Waals surface area contributed by atoms with Crippen LogP contribution in [0.1, 0.15) is 36.2 Å². The van der Waals surface area contributed by atoms with Crippen molar-refractivity contribution in [3.8, 4) is 22.4 Å². The van der Waals surface area contributed by atoms with Gasteiger partial charge in [-0.2, -0.15) is 0 Å². The second-order valence-corrected chi connectivity index (χ2v) is 8.83. The van der Waals surface area contributed by atoms with E-state index >= 15 is 0 Å². The highest BCUT2D eigenvalue weighted by molar-refractivity contribution is 5.94. The lowest BCUT2D eigenvalue weighted by Crippen LogP contribution is -2.32. The Kier molecular flexibility index (Phi) is 5.38. The quantitative estimate of drug-likeness (QED) is 0.401. The maximum Gasteiger partial charge on any atom is 0.287 e. The Hall–Kier alpha value is -3.07. The highest BCUT2D eigenvalue weighted by atomic mass is 15.0. The van der Waals surface area contributed by atoms with Crippen LogP contribution < -0.4 is 4.57 Å². The van der Waals surface area contributed by atoms with Gasteiger partial charge in [0.25, 0.3) is 6.33 Å². The molecule has 4 aromatic rings. The lowest BCUT2D eigenvalue weighted by molar-refractivity contribution is -0.662. The van der Waals surface area contributed by atoms with Gasteiger partial charge < -0.3 is 0 Å². The van der Waals surface area contributed by atoms with Crippen LogP contribution in [0.15, 0.2) is 55.0 Å². The normalized spacial score (nSPS) is 11.4. The van der Waals surface area contributed by atoms with Crippen LogP contribution in [0.5, 0.6) is 0 Å². The van der Waals surface area contributed by atoms with E-state index in [-0.39, 0.29) is 0 Å². The minimum Gasteiger partial charge on any atom is -0.261 e. The first-order chi connectivity index (χ1) is 14.3. The zero-order chi connectivity index (χ0) is 21.4. The van der Waals surface area contributed by atoms with E-state index in [1.165, 1.54) is 33.5 Å². The van der Waals surface area contributed by atoms with Crippen molar-refractivity contribution in [3.05, 3.63) is 77.4 Å². The molecular formula is C27H30N3+. The summed E-state index contributed by atoms with van der Waals surface area (Å²) in [6.07, 6.45) is 4.92. The standard InChI is InChI=1S/C27H30N3/c1-17(2)11-23-9-7-22(15-28-23)21-8-10-26-25(14-21)27(30(6)16-29-26)24-13-18(3)12-19(4)20(24)5/h7-10,12-17H,11H2,1-6H3/q+1. The van der Waals surface area contributed by atoms with Gasteiger partial charge in [0.05, 0.1) is 12.4 Å². The number of nitrogens with zero attached hydrogens (tertiary/aromatic N) is 3. The lowest BCUT2D eigenvalue weighted by atomic mass is 9.94. The molecule has 4 rings (SSSR count). The summed E-state index contributed by atoms with van der Waals surface area (Å²) in [5.41, 5.74) is 10.8. The summed E-state index contributed by atoms with van der Waals surface area (Å²) >= 11 is 0. The fraction of sp³-hybridized carbons (Fsp3) is 0.296. The molecule has 0 aliphatic rings. The van der Waals surface area contributed by atoms with Crippen molar-refractivity contribution in [1.29, 1.82) is 0 Å². The molecular weight excluding hydrogens is 366 g/mol. The molecule has 0 bridgehead atoms. The minimum atomic E-state index is 0.610. The molecule has 0 aliphatic carbocycles. The van der Waals surface area contributed by atoms with Crippen LogP contribution >= 0.6 is 0 Å². The Morgan fingerprint density at radius 2 is 1.67 bits per heavy atom. The summed E-state index contributed by atoms with van der Waals surface area (Å²) in [6, 6.07) is 15.4. The molecule has 0 saturated heterocycles. The predicted molar refractivity (Wildman–Crippen MR) is 124 cm³/mol. The average molecular weight is 397 g/mol. The fourth-order valence-electron chi connectivity index (χ4n) is 4.17. The number of aromatic nitrogens is 3. The number of rotatable bonds is 4. The molecule has 0 aliphatic heterocycles. The van der Waals surface area contributed by atoms with Gasteiger partial charge >= 0.3 is 0 Å². The second kappa shape index (κ2) is 7.98. The van der Waals surface area contributed by atoms with E-state index in [0.29, 0.717) is 5.92 Å². The lowest BCUT2D eigenvalue weighted by Gasteiger charge is -2.13. The first-order valence-corrected chi connectivity index (χ1v) is 10.7. The molecule has 30 heavy (non-hydrogen) atoms. The van der Waals surface area contributed by atoms with Crippen LogP contribution in [-0.2, 0) is 13.5 Å². The van der Waals surface area contributed by atoms with Gasteiger partial charge in [0, 0.05) is 23.0 Å². The van der Waals surface area contributed by atoms with Crippen LogP contribution in [0.4, 0.5) is 0 Å². The van der Waals surface area contributed by atoms with Crippen LogP contribution in [0.2, 0.25) is 0 Å². The third-order valence-corrected chi connectivity index (χ3v) is 5.82. The Balaban J connectivity index is 1.88. The third-order valence-electron chi connectivity index (χ3n) is 5.82. The first-order valence-electron chi connectivity index (χ1n) is 10.7. The summed E-state index contributed by atoms with van der Waals surface area (Å²) in [6.45, 7) is 11.0. The van der Waals surface area contributed by atoms with E-state index in [1.807, 2.05) is 12.5 Å². The second-order valence-electron chi connectivity index (χ2n) is 8.83. The third kappa shape index (κ3) is 3.85. The molecule has 0 saturated carbocycles. The van der Waals surface area contributed by atoms with E-state index in [1.54, 1.807) is 0 Å². The predicted octanol–water partition coefficient (Wildman–Crippen LogP) is 5.91. The number of hydrogen-bond donors (Lipinski definition) is 0. The Labute approximate surface area is 179 Å². The topological polar surface area (TPSA) is 29.7 Å². The van der Waals surface area contributed by atoms with Gasteiger partial charge in [-0.15, -0.1) is 0 Å². The molecule has 0 radical (unpaired) electrons. The molecule has 0 atom stereocenters. The summed E-state index contributed by atoms with van der Waals surface area (Å²) in [4.78, 5) is 9.36. The fourth-order valence-corrected chi connectivity index (χ4v) is 4.17. The SMILES string of the molecule is Cc1cc(C)c(C)c(-c2c3cc(-c4ccc(CC(C)C)nc4)ccc3nc[n+]2C)c1. The summed E-state index contributed by atoms with van der Waals surface area (Å²) in [7, 11) is 2.08. The Bertz CT molecular complexity index is 1220. The maximum absolute atomic E-state index is 4.69. The number of pyridine rings is 1. The van der Waals surface area contributed by atoms with E-state index < -0.39 is 0 Å². The molecule has 2 heterocycles. The van der Waals surface area contributed by atoms with Gasteiger partial charge in [0.2, 0.25) is 0 Å². The van der Waals surface area contributed by atoms with Crippen molar-refractivity contribution in [2.75, 3.05) is 0 Å². The van der Waals surface area contributed by atoms with Gasteiger partial charge in [-0.25, -0.2) is 4.57 Å². The van der Waals surface area contributed by atoms with E-state index in [0.717, 1.165) is 28.6 Å². The van der Waals surface area contributed by atoms with Gasteiger partial charge in [-0.1, -0.05) is 31.5 Å². The minimum absolute atomic E-state index is 0.610. The Morgan fingerprint density at radius 3 is 2.37 bits per heavy atom. The van der Waals surface area contributed by atoms with Gasteiger partial charge in [-0.3, -0.25) is 4.98 Å². The molecule has 2 aromatic carbocycles. The zero-order valence-electron chi connectivity index (χ0n) is 18.8. The smallest absolute Gasteiger partial charge is 0.261 e. The molecule has 152 valence electrons. The molecule has 0 fully saturated rings. The van der Waals surface area contributed by atoms with Crippen LogP contribution in [-0.4, -0.2) is 9.97 Å². The van der Waals surface area contributed by atoms with Crippen LogP contribution in [0, 0.1) is 26.7 Å². The molecule has 0 amide bonds. The van der Waals surface area contributed by atoms with E-state index in [2.05, 4.69) is 98.7 Å². The monoisotopic (exact) mass is 396 g/mol. The summed E-state index contributed by atoms with van der Waals surface area (Å²) < 4.78 is 2.14. The van der Waals surface area contributed by atoms with Crippen LogP contribution in [0.3, 0.4) is 0 Å². The summed E-state index contributed by atoms with van der Waals surface area (Å²) in [5, 5.41) is 1.16. The van der Waals surface area contributed by atoms with Crippen molar-refractivity contribution in [2.45, 2.75) is 41.0 Å². The van der Waals surface area contributed by atoms with Crippen molar-refractivity contribution in [1.82, 2.24) is 9.97 Å². The molecule has 3 nitrogen and oxygen atoms in total. The first kappa shape index (κ1) is 20.2. The van der Waals surface area contributed by atoms with Gasteiger partial charge in [0.15, 0.2) is 5.52 Å². The summed E-state index contributed by atoms with van der Waals surface area (Å²) in [5.74, 6) is 0.610. The number of hydrogen-bond acceptors (Lipinski definition) is 2. The number of aryl methyl sites for hydroxylation is 3. The highest BCUT2D eigenvalue weighted by Crippen LogP contribution is 2.32.